The maximum absolute atomic E-state index is 12.5. The van der Waals surface area contributed by atoms with Crippen LogP contribution in [0.1, 0.15) is 11.5 Å². The summed E-state index contributed by atoms with van der Waals surface area (Å²) in [4.78, 5) is 27.4. The van der Waals surface area contributed by atoms with E-state index in [0.29, 0.717) is 17.5 Å². The molecule has 148 valence electrons. The SMILES string of the molecule is O=C(OCc1nnc(-c2cccs2)o1)C1CSCN1C(=O)C=Cc1ccccc1. The monoisotopic (exact) mass is 427 g/mol. The van der Waals surface area contributed by atoms with Gasteiger partial charge in [-0.15, -0.1) is 33.3 Å². The Kier molecular flexibility index (Phi) is 6.06. The zero-order valence-corrected chi connectivity index (χ0v) is 16.9. The van der Waals surface area contributed by atoms with Crippen molar-refractivity contribution in [2.24, 2.45) is 0 Å². The molecule has 7 nitrogen and oxygen atoms in total. The fourth-order valence-corrected chi connectivity index (χ4v) is 4.52. The lowest BCUT2D eigenvalue weighted by atomic mass is 10.2. The molecule has 0 saturated carbocycles. The van der Waals surface area contributed by atoms with Gasteiger partial charge in [-0.05, 0) is 23.1 Å². The van der Waals surface area contributed by atoms with Crippen LogP contribution in [0.2, 0.25) is 0 Å². The third kappa shape index (κ3) is 4.75. The summed E-state index contributed by atoms with van der Waals surface area (Å²) in [6.07, 6.45) is 3.21. The molecule has 4 rings (SSSR count). The van der Waals surface area contributed by atoms with Gasteiger partial charge in [-0.3, -0.25) is 4.79 Å². The van der Waals surface area contributed by atoms with Gasteiger partial charge < -0.3 is 14.1 Å². The van der Waals surface area contributed by atoms with E-state index in [0.717, 1.165) is 10.4 Å². The second-order valence-electron chi connectivity index (χ2n) is 6.15. The Morgan fingerprint density at radius 2 is 2.07 bits per heavy atom. The van der Waals surface area contributed by atoms with Crippen LogP contribution in [0.4, 0.5) is 0 Å². The van der Waals surface area contributed by atoms with Crippen LogP contribution in [0.3, 0.4) is 0 Å². The van der Waals surface area contributed by atoms with Crippen LogP contribution in [-0.4, -0.2) is 44.6 Å². The first-order valence-electron chi connectivity index (χ1n) is 8.85. The van der Waals surface area contributed by atoms with Gasteiger partial charge >= 0.3 is 5.97 Å². The summed E-state index contributed by atoms with van der Waals surface area (Å²) in [5.74, 6) is 0.847. The summed E-state index contributed by atoms with van der Waals surface area (Å²) >= 11 is 3.00. The highest BCUT2D eigenvalue weighted by Gasteiger charge is 2.35. The highest BCUT2D eigenvalue weighted by atomic mass is 32.2. The third-order valence-corrected chi connectivity index (χ3v) is 6.06. The van der Waals surface area contributed by atoms with Gasteiger partial charge in [-0.1, -0.05) is 36.4 Å². The molecule has 1 unspecified atom stereocenters. The molecule has 0 aliphatic carbocycles. The molecule has 1 atom stereocenters. The van der Waals surface area contributed by atoms with Crippen LogP contribution in [-0.2, 0) is 20.9 Å². The minimum atomic E-state index is -0.632. The predicted octanol–water partition coefficient (Wildman–Crippen LogP) is 3.46. The number of ether oxygens (including phenoxy) is 1. The van der Waals surface area contributed by atoms with Crippen LogP contribution in [0.25, 0.3) is 16.8 Å². The Labute approximate surface area is 175 Å². The maximum Gasteiger partial charge on any atom is 0.330 e. The molecule has 9 heteroatoms. The summed E-state index contributed by atoms with van der Waals surface area (Å²) in [6.45, 7) is -0.125. The molecule has 29 heavy (non-hydrogen) atoms. The number of hydrogen-bond acceptors (Lipinski definition) is 8. The standard InChI is InChI=1S/C20H17N3O4S2/c24-18(9-8-14-5-2-1-3-6-14)23-13-28-12-15(23)20(25)26-11-17-21-22-19(27-17)16-7-4-10-29-16/h1-10,15H,11-13H2. The molecular formula is C20H17N3O4S2. The van der Waals surface area contributed by atoms with E-state index in [4.69, 9.17) is 9.15 Å². The average Bonchev–Trinajstić information content (AvgIpc) is 3.51. The first-order chi connectivity index (χ1) is 14.2. The Morgan fingerprint density at radius 1 is 1.21 bits per heavy atom. The van der Waals surface area contributed by atoms with Crippen molar-refractivity contribution in [3.63, 3.8) is 0 Å². The number of hydrogen-bond donors (Lipinski definition) is 0. The van der Waals surface area contributed by atoms with Crippen molar-refractivity contribution < 1.29 is 18.7 Å². The van der Waals surface area contributed by atoms with Gasteiger partial charge in [0.15, 0.2) is 6.61 Å². The van der Waals surface area contributed by atoms with Crippen molar-refractivity contribution in [1.29, 1.82) is 0 Å². The van der Waals surface area contributed by atoms with Crippen molar-refractivity contribution in [3.8, 4) is 10.8 Å². The number of carbonyl (C=O) groups excluding carboxylic acids is 2. The number of rotatable bonds is 6. The van der Waals surface area contributed by atoms with E-state index in [1.165, 1.54) is 34.1 Å². The Morgan fingerprint density at radius 3 is 2.86 bits per heavy atom. The van der Waals surface area contributed by atoms with Gasteiger partial charge in [0.25, 0.3) is 11.8 Å². The van der Waals surface area contributed by atoms with Gasteiger partial charge in [-0.2, -0.15) is 0 Å². The molecule has 1 aromatic carbocycles. The number of thiophene rings is 1. The molecule has 3 heterocycles. The predicted molar refractivity (Wildman–Crippen MR) is 111 cm³/mol. The van der Waals surface area contributed by atoms with Crippen LogP contribution in [0.15, 0.2) is 58.3 Å². The second-order valence-corrected chi connectivity index (χ2v) is 8.10. The van der Waals surface area contributed by atoms with Gasteiger partial charge in [-0.25, -0.2) is 4.79 Å². The lowest BCUT2D eigenvalue weighted by Crippen LogP contribution is -2.42. The van der Waals surface area contributed by atoms with Crippen molar-refractivity contribution in [2.75, 3.05) is 11.6 Å². The first-order valence-corrected chi connectivity index (χ1v) is 10.9. The quantitative estimate of drug-likeness (QED) is 0.440. The molecule has 0 bridgehead atoms. The highest BCUT2D eigenvalue weighted by Crippen LogP contribution is 2.24. The Balaban J connectivity index is 1.34. The van der Waals surface area contributed by atoms with Gasteiger partial charge in [0.05, 0.1) is 10.8 Å². The molecule has 1 aliphatic heterocycles. The first kappa shape index (κ1) is 19.4. The summed E-state index contributed by atoms with van der Waals surface area (Å²) in [5.41, 5.74) is 0.921. The summed E-state index contributed by atoms with van der Waals surface area (Å²) in [7, 11) is 0. The molecule has 2 aromatic heterocycles. The van der Waals surface area contributed by atoms with Crippen LogP contribution < -0.4 is 0 Å². The maximum atomic E-state index is 12.5. The number of esters is 1. The molecular weight excluding hydrogens is 410 g/mol. The zero-order chi connectivity index (χ0) is 20.1. The molecule has 0 radical (unpaired) electrons. The molecule has 1 saturated heterocycles. The Bertz CT molecular complexity index is 1000. The van der Waals surface area contributed by atoms with E-state index in [2.05, 4.69) is 10.2 Å². The highest BCUT2D eigenvalue weighted by molar-refractivity contribution is 7.99. The largest absolute Gasteiger partial charge is 0.454 e. The van der Waals surface area contributed by atoms with E-state index >= 15 is 0 Å². The van der Waals surface area contributed by atoms with Crippen molar-refractivity contribution in [3.05, 3.63) is 65.4 Å². The molecule has 3 aromatic rings. The zero-order valence-electron chi connectivity index (χ0n) is 15.3. The second kappa shape index (κ2) is 9.06. The molecule has 0 N–H and O–H groups in total. The Hall–Kier alpha value is -2.91. The van der Waals surface area contributed by atoms with Crippen molar-refractivity contribution >= 4 is 41.1 Å². The molecule has 1 amide bonds. The number of nitrogens with zero attached hydrogens (tertiary/aromatic N) is 3. The molecule has 1 aliphatic rings. The topological polar surface area (TPSA) is 85.5 Å². The van der Waals surface area contributed by atoms with Crippen LogP contribution >= 0.6 is 23.1 Å². The van der Waals surface area contributed by atoms with E-state index in [-0.39, 0.29) is 18.4 Å². The minimum Gasteiger partial charge on any atom is -0.454 e. The van der Waals surface area contributed by atoms with E-state index in [9.17, 15) is 9.59 Å². The van der Waals surface area contributed by atoms with E-state index in [1.54, 1.807) is 6.08 Å². The smallest absolute Gasteiger partial charge is 0.330 e. The average molecular weight is 428 g/mol. The number of thioether (sulfide) groups is 1. The number of aromatic nitrogens is 2. The minimum absolute atomic E-state index is 0.125. The summed E-state index contributed by atoms with van der Waals surface area (Å²) in [6, 6.07) is 12.7. The van der Waals surface area contributed by atoms with Gasteiger partial charge in [0.2, 0.25) is 5.91 Å². The summed E-state index contributed by atoms with van der Waals surface area (Å²) < 4.78 is 10.8. The molecule has 0 spiro atoms. The molecule has 1 fully saturated rings. The fourth-order valence-electron chi connectivity index (χ4n) is 2.72. The van der Waals surface area contributed by atoms with Gasteiger partial charge in [0.1, 0.15) is 6.04 Å². The van der Waals surface area contributed by atoms with Crippen molar-refractivity contribution in [2.45, 2.75) is 12.6 Å². The lowest BCUT2D eigenvalue weighted by molar-refractivity contribution is -0.153. The number of benzene rings is 1. The lowest BCUT2D eigenvalue weighted by Gasteiger charge is -2.20. The number of amides is 1. The number of carbonyl (C=O) groups is 2. The van der Waals surface area contributed by atoms with E-state index in [1.807, 2.05) is 47.8 Å². The van der Waals surface area contributed by atoms with Crippen molar-refractivity contribution in [1.82, 2.24) is 15.1 Å². The van der Waals surface area contributed by atoms with Crippen LogP contribution in [0.5, 0.6) is 0 Å². The van der Waals surface area contributed by atoms with E-state index < -0.39 is 12.0 Å². The van der Waals surface area contributed by atoms with Gasteiger partial charge in [0, 0.05) is 11.8 Å². The fraction of sp³-hybridized carbons (Fsp3) is 0.200. The third-order valence-electron chi connectivity index (χ3n) is 4.19. The summed E-state index contributed by atoms with van der Waals surface area (Å²) in [5, 5.41) is 9.77. The van der Waals surface area contributed by atoms with Crippen LogP contribution in [0, 0.1) is 0 Å². The normalized spacial score (nSPS) is 16.4.